The zero-order chi connectivity index (χ0) is 15.6. The number of rotatable bonds is 4. The fourth-order valence-corrected chi connectivity index (χ4v) is 2.33. The SMILES string of the molecule is O=C(O)C(Cc1ccc(O)cc1O)c1ccc(Cl)c(Cl)c1. The van der Waals surface area contributed by atoms with E-state index in [4.69, 9.17) is 23.2 Å². The van der Waals surface area contributed by atoms with Gasteiger partial charge in [0.1, 0.15) is 11.5 Å². The minimum absolute atomic E-state index is 0.0689. The van der Waals surface area contributed by atoms with Crippen molar-refractivity contribution in [1.82, 2.24) is 0 Å². The molecule has 0 amide bonds. The molecule has 1 atom stereocenters. The number of carboxylic acids is 1. The molecule has 2 rings (SSSR count). The Bertz CT molecular complexity index is 685. The zero-order valence-corrected chi connectivity index (χ0v) is 12.3. The van der Waals surface area contributed by atoms with Gasteiger partial charge in [0.2, 0.25) is 0 Å². The second-order valence-corrected chi connectivity index (χ2v) is 5.40. The van der Waals surface area contributed by atoms with Crippen molar-refractivity contribution in [2.24, 2.45) is 0 Å². The maximum atomic E-state index is 11.5. The maximum absolute atomic E-state index is 11.5. The lowest BCUT2D eigenvalue weighted by molar-refractivity contribution is -0.138. The molecule has 0 saturated heterocycles. The molecule has 0 aromatic heterocycles. The van der Waals surface area contributed by atoms with Crippen molar-refractivity contribution in [3.8, 4) is 11.5 Å². The predicted molar refractivity (Wildman–Crippen MR) is 80.3 cm³/mol. The molecule has 0 bridgehead atoms. The first-order valence-electron chi connectivity index (χ1n) is 6.07. The van der Waals surface area contributed by atoms with Gasteiger partial charge in [-0.25, -0.2) is 0 Å². The van der Waals surface area contributed by atoms with Gasteiger partial charge in [-0.2, -0.15) is 0 Å². The molecule has 110 valence electrons. The molecule has 0 spiro atoms. The fourth-order valence-electron chi connectivity index (χ4n) is 2.02. The summed E-state index contributed by atoms with van der Waals surface area (Å²) < 4.78 is 0. The van der Waals surface area contributed by atoms with E-state index in [0.29, 0.717) is 16.1 Å². The summed E-state index contributed by atoms with van der Waals surface area (Å²) in [7, 11) is 0. The van der Waals surface area contributed by atoms with E-state index in [-0.39, 0.29) is 22.9 Å². The third kappa shape index (κ3) is 3.60. The van der Waals surface area contributed by atoms with E-state index in [9.17, 15) is 20.1 Å². The molecule has 0 aliphatic carbocycles. The molecular weight excluding hydrogens is 315 g/mol. The van der Waals surface area contributed by atoms with Gasteiger partial charge in [0.05, 0.1) is 16.0 Å². The fraction of sp³-hybridized carbons (Fsp3) is 0.133. The van der Waals surface area contributed by atoms with Crippen LogP contribution in [-0.4, -0.2) is 21.3 Å². The lowest BCUT2D eigenvalue weighted by Gasteiger charge is -2.14. The van der Waals surface area contributed by atoms with Crippen molar-refractivity contribution in [3.05, 3.63) is 57.6 Å². The number of hydrogen-bond donors (Lipinski definition) is 3. The Labute approximate surface area is 131 Å². The largest absolute Gasteiger partial charge is 0.508 e. The van der Waals surface area contributed by atoms with Gasteiger partial charge in [0.15, 0.2) is 0 Å². The highest BCUT2D eigenvalue weighted by Crippen LogP contribution is 2.31. The van der Waals surface area contributed by atoms with E-state index in [0.717, 1.165) is 0 Å². The lowest BCUT2D eigenvalue weighted by Crippen LogP contribution is -2.14. The normalized spacial score (nSPS) is 12.1. The Morgan fingerprint density at radius 1 is 1.05 bits per heavy atom. The van der Waals surface area contributed by atoms with E-state index in [1.165, 1.54) is 30.3 Å². The molecule has 2 aromatic carbocycles. The quantitative estimate of drug-likeness (QED) is 0.798. The molecule has 0 aliphatic heterocycles. The highest BCUT2D eigenvalue weighted by Gasteiger charge is 2.22. The molecule has 6 heteroatoms. The first-order valence-corrected chi connectivity index (χ1v) is 6.82. The van der Waals surface area contributed by atoms with E-state index in [1.54, 1.807) is 6.07 Å². The summed E-state index contributed by atoms with van der Waals surface area (Å²) >= 11 is 11.7. The van der Waals surface area contributed by atoms with Gasteiger partial charge in [-0.05, 0) is 35.7 Å². The first kappa shape index (κ1) is 15.5. The number of hydrogen-bond acceptors (Lipinski definition) is 3. The minimum atomic E-state index is -1.04. The van der Waals surface area contributed by atoms with Gasteiger partial charge >= 0.3 is 5.97 Å². The predicted octanol–water partition coefficient (Wildman–Crippen LogP) is 3.82. The molecule has 0 heterocycles. The highest BCUT2D eigenvalue weighted by molar-refractivity contribution is 6.42. The number of halogens is 2. The summed E-state index contributed by atoms with van der Waals surface area (Å²) in [6, 6.07) is 8.67. The Morgan fingerprint density at radius 2 is 1.76 bits per heavy atom. The van der Waals surface area contributed by atoms with Crippen LogP contribution in [0.3, 0.4) is 0 Å². The molecule has 2 aromatic rings. The molecule has 1 unspecified atom stereocenters. The third-order valence-electron chi connectivity index (χ3n) is 3.14. The van der Waals surface area contributed by atoms with Gasteiger partial charge in [0, 0.05) is 6.07 Å². The van der Waals surface area contributed by atoms with Crippen LogP contribution >= 0.6 is 23.2 Å². The molecular formula is C15H12Cl2O4. The molecule has 0 fully saturated rings. The van der Waals surface area contributed by atoms with Crippen molar-refractivity contribution in [2.75, 3.05) is 0 Å². The average molecular weight is 327 g/mol. The smallest absolute Gasteiger partial charge is 0.311 e. The number of aliphatic carboxylic acids is 1. The summed E-state index contributed by atoms with van der Waals surface area (Å²) in [6.45, 7) is 0. The van der Waals surface area contributed by atoms with Gasteiger partial charge in [-0.1, -0.05) is 35.3 Å². The molecule has 0 aliphatic rings. The van der Waals surface area contributed by atoms with Crippen molar-refractivity contribution in [1.29, 1.82) is 0 Å². The van der Waals surface area contributed by atoms with E-state index in [1.807, 2.05) is 0 Å². The molecule has 21 heavy (non-hydrogen) atoms. The summed E-state index contributed by atoms with van der Waals surface area (Å²) in [5.74, 6) is -2.16. The van der Waals surface area contributed by atoms with Crippen molar-refractivity contribution >= 4 is 29.2 Å². The van der Waals surface area contributed by atoms with E-state index >= 15 is 0 Å². The van der Waals surface area contributed by atoms with Crippen LogP contribution in [0.15, 0.2) is 36.4 Å². The number of aromatic hydroxyl groups is 2. The number of carboxylic acid groups (broad SMARTS) is 1. The van der Waals surface area contributed by atoms with Crippen molar-refractivity contribution in [2.45, 2.75) is 12.3 Å². The maximum Gasteiger partial charge on any atom is 0.311 e. The van der Waals surface area contributed by atoms with Gasteiger partial charge in [-0.15, -0.1) is 0 Å². The van der Waals surface area contributed by atoms with Crippen LogP contribution in [-0.2, 0) is 11.2 Å². The number of benzene rings is 2. The van der Waals surface area contributed by atoms with Crippen LogP contribution in [0.5, 0.6) is 11.5 Å². The summed E-state index contributed by atoms with van der Waals surface area (Å²) in [5, 5.41) is 29.0. The van der Waals surface area contributed by atoms with Crippen molar-refractivity contribution in [3.63, 3.8) is 0 Å². The second-order valence-electron chi connectivity index (χ2n) is 4.58. The van der Waals surface area contributed by atoms with Crippen LogP contribution in [0.25, 0.3) is 0 Å². The monoisotopic (exact) mass is 326 g/mol. The number of phenols is 2. The lowest BCUT2D eigenvalue weighted by atomic mass is 9.91. The molecule has 4 nitrogen and oxygen atoms in total. The molecule has 3 N–H and O–H groups in total. The van der Waals surface area contributed by atoms with Gasteiger partial charge in [-0.3, -0.25) is 4.79 Å². The zero-order valence-electron chi connectivity index (χ0n) is 10.8. The van der Waals surface area contributed by atoms with E-state index < -0.39 is 11.9 Å². The van der Waals surface area contributed by atoms with E-state index in [2.05, 4.69) is 0 Å². The molecule has 0 radical (unpaired) electrons. The Morgan fingerprint density at radius 3 is 2.33 bits per heavy atom. The average Bonchev–Trinajstić information content (AvgIpc) is 2.41. The topological polar surface area (TPSA) is 77.8 Å². The summed E-state index contributed by atoms with van der Waals surface area (Å²) in [5.41, 5.74) is 0.913. The van der Waals surface area contributed by atoms with Crippen LogP contribution in [0.2, 0.25) is 10.0 Å². The Balaban J connectivity index is 2.35. The van der Waals surface area contributed by atoms with Crippen LogP contribution in [0.4, 0.5) is 0 Å². The van der Waals surface area contributed by atoms with Crippen LogP contribution in [0.1, 0.15) is 17.0 Å². The highest BCUT2D eigenvalue weighted by atomic mass is 35.5. The minimum Gasteiger partial charge on any atom is -0.508 e. The Hall–Kier alpha value is -1.91. The van der Waals surface area contributed by atoms with Gasteiger partial charge in [0.25, 0.3) is 0 Å². The Kier molecular flexibility index (Phi) is 4.60. The third-order valence-corrected chi connectivity index (χ3v) is 3.88. The van der Waals surface area contributed by atoms with Crippen LogP contribution in [0, 0.1) is 0 Å². The standard InChI is InChI=1S/C15H12Cl2O4/c16-12-4-2-8(6-13(12)17)11(15(20)21)5-9-1-3-10(18)7-14(9)19/h1-4,6-7,11,18-19H,5H2,(H,20,21). The summed E-state index contributed by atoms with van der Waals surface area (Å²) in [6.07, 6.45) is 0.0689. The molecule has 0 saturated carbocycles. The van der Waals surface area contributed by atoms with Gasteiger partial charge < -0.3 is 15.3 Å². The first-order chi connectivity index (χ1) is 9.88. The van der Waals surface area contributed by atoms with Crippen LogP contribution < -0.4 is 0 Å². The number of phenolic OH excluding ortho intramolecular Hbond substituents is 2. The second kappa shape index (κ2) is 6.24. The number of carbonyl (C=O) groups is 1. The van der Waals surface area contributed by atoms with Crippen molar-refractivity contribution < 1.29 is 20.1 Å². The summed E-state index contributed by atoms with van der Waals surface area (Å²) in [4.78, 5) is 11.5.